The number of likely N-dealkylation sites (tertiary alicyclic amines) is 1. The van der Waals surface area contributed by atoms with E-state index in [9.17, 15) is 9.18 Å². The van der Waals surface area contributed by atoms with E-state index in [1.807, 2.05) is 30.3 Å². The normalized spacial score (nSPS) is 16.7. The summed E-state index contributed by atoms with van der Waals surface area (Å²) in [6, 6.07) is 15.9. The van der Waals surface area contributed by atoms with Gasteiger partial charge in [-0.15, -0.1) is 0 Å². The summed E-state index contributed by atoms with van der Waals surface area (Å²) >= 11 is 0. The van der Waals surface area contributed by atoms with Gasteiger partial charge < -0.3 is 20.4 Å². The van der Waals surface area contributed by atoms with Crippen LogP contribution in [0.2, 0.25) is 0 Å². The van der Waals surface area contributed by atoms with Crippen molar-refractivity contribution in [2.75, 3.05) is 39.0 Å². The Kier molecular flexibility index (Phi) is 7.01. The lowest BCUT2D eigenvalue weighted by molar-refractivity contribution is 0.135. The van der Waals surface area contributed by atoms with Crippen LogP contribution in [0.4, 0.5) is 14.9 Å². The van der Waals surface area contributed by atoms with Crippen LogP contribution in [-0.4, -0.2) is 55.6 Å². The predicted octanol–water partition coefficient (Wildman–Crippen LogP) is 3.71. The zero-order valence-electron chi connectivity index (χ0n) is 16.6. The summed E-state index contributed by atoms with van der Waals surface area (Å²) in [4.78, 5) is 17.2. The van der Waals surface area contributed by atoms with Crippen molar-refractivity contribution in [3.8, 4) is 0 Å². The molecule has 5 nitrogen and oxygen atoms in total. The summed E-state index contributed by atoms with van der Waals surface area (Å²) < 4.78 is 13.1. The highest BCUT2D eigenvalue weighted by molar-refractivity contribution is 5.89. The second-order valence-corrected chi connectivity index (χ2v) is 7.54. The molecule has 150 valence electrons. The number of amides is 2. The average molecular weight is 384 g/mol. The standard InChI is InChI=1S/C22H29FN4O/c1-26-14-12-20(13-15-26)27(2)16-21(17-6-4-3-5-7-17)25-22(28)24-19-10-8-18(23)9-11-19/h3-11,20-21H,12-16H2,1-2H3,(H2,24,25,28). The first-order chi connectivity index (χ1) is 13.5. The second kappa shape index (κ2) is 9.66. The third-order valence-electron chi connectivity index (χ3n) is 5.39. The summed E-state index contributed by atoms with van der Waals surface area (Å²) in [7, 11) is 4.29. The van der Waals surface area contributed by atoms with Crippen molar-refractivity contribution in [2.24, 2.45) is 0 Å². The van der Waals surface area contributed by atoms with Gasteiger partial charge >= 0.3 is 6.03 Å². The van der Waals surface area contributed by atoms with Crippen LogP contribution in [0.1, 0.15) is 24.4 Å². The molecule has 2 aromatic rings. The quantitative estimate of drug-likeness (QED) is 0.798. The van der Waals surface area contributed by atoms with Crippen molar-refractivity contribution in [2.45, 2.75) is 24.9 Å². The van der Waals surface area contributed by atoms with Gasteiger partial charge in [0, 0.05) is 18.3 Å². The number of rotatable bonds is 6. The molecule has 6 heteroatoms. The molecule has 3 rings (SSSR count). The lowest BCUT2D eigenvalue weighted by atomic mass is 10.0. The zero-order chi connectivity index (χ0) is 19.9. The summed E-state index contributed by atoms with van der Waals surface area (Å²) in [5.74, 6) is -0.326. The van der Waals surface area contributed by atoms with E-state index in [2.05, 4.69) is 34.5 Å². The summed E-state index contributed by atoms with van der Waals surface area (Å²) in [5, 5.41) is 5.87. The number of nitrogens with one attached hydrogen (secondary N) is 2. The van der Waals surface area contributed by atoms with Gasteiger partial charge in [-0.25, -0.2) is 9.18 Å². The first kappa shape index (κ1) is 20.3. The highest BCUT2D eigenvalue weighted by Crippen LogP contribution is 2.20. The maximum absolute atomic E-state index is 13.1. The van der Waals surface area contributed by atoms with Gasteiger partial charge in [-0.3, -0.25) is 0 Å². The Morgan fingerprint density at radius 1 is 1.14 bits per heavy atom. The number of piperidine rings is 1. The second-order valence-electron chi connectivity index (χ2n) is 7.54. The molecule has 1 atom stereocenters. The first-order valence-electron chi connectivity index (χ1n) is 9.78. The fourth-order valence-electron chi connectivity index (χ4n) is 3.65. The fraction of sp³-hybridized carbons (Fsp3) is 0.409. The number of urea groups is 1. The van der Waals surface area contributed by atoms with Crippen LogP contribution in [0, 0.1) is 5.82 Å². The van der Waals surface area contributed by atoms with Crippen LogP contribution in [-0.2, 0) is 0 Å². The number of halogens is 1. The number of carbonyl (C=O) groups is 1. The molecule has 0 saturated carbocycles. The molecular formula is C22H29FN4O. The molecule has 28 heavy (non-hydrogen) atoms. The van der Waals surface area contributed by atoms with Crippen molar-refractivity contribution in [1.82, 2.24) is 15.1 Å². The van der Waals surface area contributed by atoms with Gasteiger partial charge in [0.2, 0.25) is 0 Å². The van der Waals surface area contributed by atoms with E-state index in [0.29, 0.717) is 11.7 Å². The number of hydrogen-bond donors (Lipinski definition) is 2. The molecular weight excluding hydrogens is 355 g/mol. The van der Waals surface area contributed by atoms with E-state index >= 15 is 0 Å². The Bertz CT molecular complexity index is 745. The van der Waals surface area contributed by atoms with Gasteiger partial charge in [0.25, 0.3) is 0 Å². The Morgan fingerprint density at radius 3 is 2.43 bits per heavy atom. The predicted molar refractivity (Wildman–Crippen MR) is 111 cm³/mol. The van der Waals surface area contributed by atoms with Crippen LogP contribution in [0.5, 0.6) is 0 Å². The average Bonchev–Trinajstić information content (AvgIpc) is 2.70. The van der Waals surface area contributed by atoms with E-state index in [-0.39, 0.29) is 17.9 Å². The largest absolute Gasteiger partial charge is 0.330 e. The van der Waals surface area contributed by atoms with Crippen molar-refractivity contribution < 1.29 is 9.18 Å². The van der Waals surface area contributed by atoms with Crippen LogP contribution in [0.15, 0.2) is 54.6 Å². The van der Waals surface area contributed by atoms with E-state index in [4.69, 9.17) is 0 Å². The Balaban J connectivity index is 1.65. The number of benzene rings is 2. The van der Waals surface area contributed by atoms with E-state index in [0.717, 1.165) is 38.0 Å². The fourth-order valence-corrected chi connectivity index (χ4v) is 3.65. The summed E-state index contributed by atoms with van der Waals surface area (Å²) in [6.45, 7) is 2.93. The highest BCUT2D eigenvalue weighted by atomic mass is 19.1. The van der Waals surface area contributed by atoms with Crippen molar-refractivity contribution in [1.29, 1.82) is 0 Å². The number of nitrogens with zero attached hydrogens (tertiary/aromatic N) is 2. The third-order valence-corrected chi connectivity index (χ3v) is 5.39. The van der Waals surface area contributed by atoms with Crippen LogP contribution >= 0.6 is 0 Å². The lowest BCUT2D eigenvalue weighted by Gasteiger charge is -2.37. The van der Waals surface area contributed by atoms with E-state index < -0.39 is 0 Å². The number of hydrogen-bond acceptors (Lipinski definition) is 3. The molecule has 0 radical (unpaired) electrons. The topological polar surface area (TPSA) is 47.6 Å². The molecule has 1 aliphatic heterocycles. The summed E-state index contributed by atoms with van der Waals surface area (Å²) in [5.41, 5.74) is 1.63. The smallest absolute Gasteiger partial charge is 0.319 e. The lowest BCUT2D eigenvalue weighted by Crippen LogP contribution is -2.46. The van der Waals surface area contributed by atoms with Gasteiger partial charge in [0.1, 0.15) is 5.82 Å². The molecule has 1 aliphatic rings. The Labute approximate surface area is 166 Å². The van der Waals surface area contributed by atoms with Gasteiger partial charge in [-0.2, -0.15) is 0 Å². The third kappa shape index (κ3) is 5.78. The molecule has 1 fully saturated rings. The summed E-state index contributed by atoms with van der Waals surface area (Å²) in [6.07, 6.45) is 2.27. The Morgan fingerprint density at radius 2 is 1.79 bits per heavy atom. The van der Waals surface area contributed by atoms with Crippen LogP contribution in [0.3, 0.4) is 0 Å². The van der Waals surface area contributed by atoms with Crippen molar-refractivity contribution >= 4 is 11.7 Å². The van der Waals surface area contributed by atoms with Crippen molar-refractivity contribution in [3.05, 3.63) is 66.0 Å². The molecule has 2 aromatic carbocycles. The van der Waals surface area contributed by atoms with Gasteiger partial charge in [0.15, 0.2) is 0 Å². The SMILES string of the molecule is CN1CCC(N(C)CC(NC(=O)Nc2ccc(F)cc2)c2ccccc2)CC1. The highest BCUT2D eigenvalue weighted by Gasteiger charge is 2.24. The van der Waals surface area contributed by atoms with Crippen LogP contribution in [0.25, 0.3) is 0 Å². The van der Waals surface area contributed by atoms with Gasteiger partial charge in [-0.1, -0.05) is 30.3 Å². The van der Waals surface area contributed by atoms with Gasteiger partial charge in [0.05, 0.1) is 6.04 Å². The maximum Gasteiger partial charge on any atom is 0.319 e. The van der Waals surface area contributed by atoms with Crippen LogP contribution < -0.4 is 10.6 Å². The first-order valence-corrected chi connectivity index (χ1v) is 9.78. The number of likely N-dealkylation sites (N-methyl/N-ethyl adjacent to an activating group) is 1. The van der Waals surface area contributed by atoms with Gasteiger partial charge in [-0.05, 0) is 69.9 Å². The molecule has 0 aromatic heterocycles. The van der Waals surface area contributed by atoms with E-state index in [1.54, 1.807) is 12.1 Å². The molecule has 0 bridgehead atoms. The molecule has 1 heterocycles. The number of anilines is 1. The van der Waals surface area contributed by atoms with E-state index in [1.165, 1.54) is 12.1 Å². The molecule has 1 saturated heterocycles. The molecule has 0 spiro atoms. The van der Waals surface area contributed by atoms with Crippen molar-refractivity contribution in [3.63, 3.8) is 0 Å². The Hall–Kier alpha value is -2.44. The minimum atomic E-state index is -0.326. The monoisotopic (exact) mass is 384 g/mol. The molecule has 2 N–H and O–H groups in total. The maximum atomic E-state index is 13.1. The molecule has 0 aliphatic carbocycles. The minimum absolute atomic E-state index is 0.133. The zero-order valence-corrected chi connectivity index (χ0v) is 16.6. The number of carbonyl (C=O) groups excluding carboxylic acids is 1. The molecule has 2 amide bonds. The molecule has 1 unspecified atom stereocenters. The minimum Gasteiger partial charge on any atom is -0.330 e.